The average molecular weight is 370 g/mol. The first kappa shape index (κ1) is 19.4. The van der Waals surface area contributed by atoms with Crippen LogP contribution in [0.15, 0.2) is 48.5 Å². The summed E-state index contributed by atoms with van der Waals surface area (Å²) < 4.78 is 18.6. The molecule has 0 bridgehead atoms. The summed E-state index contributed by atoms with van der Waals surface area (Å²) in [6.45, 7) is 8.65. The van der Waals surface area contributed by atoms with Crippen LogP contribution < -0.4 is 15.4 Å². The molecule has 1 heterocycles. The van der Waals surface area contributed by atoms with Crippen molar-refractivity contribution in [3.05, 3.63) is 59.9 Å². The van der Waals surface area contributed by atoms with Gasteiger partial charge in [-0.2, -0.15) is 0 Å². The lowest BCUT2D eigenvalue weighted by Crippen LogP contribution is -2.62. The number of piperidine rings is 1. The Kier molecular flexibility index (Phi) is 5.24. The largest absolute Gasteiger partial charge is 0.457 e. The van der Waals surface area contributed by atoms with Crippen molar-refractivity contribution in [1.82, 2.24) is 10.6 Å². The molecule has 1 fully saturated rings. The van der Waals surface area contributed by atoms with Gasteiger partial charge in [0.25, 0.3) is 5.91 Å². The first-order chi connectivity index (χ1) is 12.6. The van der Waals surface area contributed by atoms with Crippen molar-refractivity contribution in [2.24, 2.45) is 0 Å². The second kappa shape index (κ2) is 7.31. The summed E-state index contributed by atoms with van der Waals surface area (Å²) in [7, 11) is 0. The molecular formula is C22H27FN2O2. The molecule has 4 nitrogen and oxygen atoms in total. The summed E-state index contributed by atoms with van der Waals surface area (Å²) in [4.78, 5) is 12.6. The molecule has 1 saturated heterocycles. The van der Waals surface area contributed by atoms with Crippen molar-refractivity contribution in [3.63, 3.8) is 0 Å². The lowest BCUT2D eigenvalue weighted by atomic mass is 9.79. The number of amides is 1. The summed E-state index contributed by atoms with van der Waals surface area (Å²) >= 11 is 0. The first-order valence-corrected chi connectivity index (χ1v) is 9.26. The zero-order chi connectivity index (χ0) is 19.7. The molecule has 1 aliphatic heterocycles. The zero-order valence-electron chi connectivity index (χ0n) is 16.3. The highest BCUT2D eigenvalue weighted by molar-refractivity contribution is 5.94. The minimum atomic E-state index is -0.307. The first-order valence-electron chi connectivity index (χ1n) is 9.26. The number of hydrogen-bond acceptors (Lipinski definition) is 3. The van der Waals surface area contributed by atoms with Crippen LogP contribution in [-0.4, -0.2) is 23.0 Å². The Labute approximate surface area is 160 Å². The van der Waals surface area contributed by atoms with E-state index in [9.17, 15) is 9.18 Å². The third-order valence-electron chi connectivity index (χ3n) is 4.69. The molecule has 0 atom stereocenters. The number of carbonyl (C=O) groups is 1. The molecule has 3 rings (SSSR count). The van der Waals surface area contributed by atoms with Gasteiger partial charge in [-0.1, -0.05) is 0 Å². The fourth-order valence-electron chi connectivity index (χ4n) is 4.01. The topological polar surface area (TPSA) is 50.4 Å². The van der Waals surface area contributed by atoms with Crippen molar-refractivity contribution < 1.29 is 13.9 Å². The van der Waals surface area contributed by atoms with Crippen molar-refractivity contribution in [2.75, 3.05) is 0 Å². The lowest BCUT2D eigenvalue weighted by molar-refractivity contribution is 0.0873. The molecule has 0 unspecified atom stereocenters. The molecule has 27 heavy (non-hydrogen) atoms. The van der Waals surface area contributed by atoms with E-state index < -0.39 is 0 Å². The van der Waals surface area contributed by atoms with Crippen LogP contribution in [0.5, 0.6) is 11.5 Å². The van der Waals surface area contributed by atoms with Gasteiger partial charge in [0, 0.05) is 22.7 Å². The van der Waals surface area contributed by atoms with Crippen LogP contribution in [0, 0.1) is 5.82 Å². The minimum absolute atomic E-state index is 0.0213. The van der Waals surface area contributed by atoms with E-state index in [0.717, 1.165) is 12.8 Å². The van der Waals surface area contributed by atoms with E-state index in [1.54, 1.807) is 36.4 Å². The summed E-state index contributed by atoms with van der Waals surface area (Å²) in [5.74, 6) is 0.760. The normalized spacial score (nSPS) is 18.7. The van der Waals surface area contributed by atoms with Crippen molar-refractivity contribution in [2.45, 2.75) is 57.7 Å². The van der Waals surface area contributed by atoms with Crippen LogP contribution in [0.3, 0.4) is 0 Å². The highest BCUT2D eigenvalue weighted by Crippen LogP contribution is 2.29. The fourth-order valence-corrected chi connectivity index (χ4v) is 4.01. The maximum absolute atomic E-state index is 13.0. The molecule has 5 heteroatoms. The summed E-state index contributed by atoms with van der Waals surface area (Å²) in [6.07, 6.45) is 1.77. The highest BCUT2D eigenvalue weighted by Gasteiger charge is 2.38. The van der Waals surface area contributed by atoms with Crippen LogP contribution in [0.25, 0.3) is 0 Å². The van der Waals surface area contributed by atoms with Crippen LogP contribution in [0.4, 0.5) is 4.39 Å². The van der Waals surface area contributed by atoms with Gasteiger partial charge in [0.1, 0.15) is 17.3 Å². The van der Waals surface area contributed by atoms with Gasteiger partial charge in [-0.15, -0.1) is 0 Å². The Morgan fingerprint density at radius 2 is 1.44 bits per heavy atom. The van der Waals surface area contributed by atoms with Crippen molar-refractivity contribution >= 4 is 5.91 Å². The molecule has 2 aromatic rings. The lowest BCUT2D eigenvalue weighted by Gasteiger charge is -2.46. The summed E-state index contributed by atoms with van der Waals surface area (Å²) in [5.41, 5.74) is 0.551. The molecule has 0 radical (unpaired) electrons. The monoisotopic (exact) mass is 370 g/mol. The Hall–Kier alpha value is -2.40. The molecule has 1 amide bonds. The molecule has 2 aromatic carbocycles. The fraction of sp³-hybridized carbons (Fsp3) is 0.409. The number of nitrogens with one attached hydrogen (secondary N) is 2. The van der Waals surface area contributed by atoms with E-state index >= 15 is 0 Å². The van der Waals surface area contributed by atoms with Gasteiger partial charge in [0.05, 0.1) is 0 Å². The van der Waals surface area contributed by atoms with E-state index in [0.29, 0.717) is 17.1 Å². The van der Waals surface area contributed by atoms with E-state index in [4.69, 9.17) is 4.74 Å². The Morgan fingerprint density at radius 1 is 0.963 bits per heavy atom. The van der Waals surface area contributed by atoms with Crippen LogP contribution in [-0.2, 0) is 0 Å². The molecule has 0 spiro atoms. The standard InChI is InChI=1S/C22H27FN2O2/c1-21(2)13-17(14-22(3,4)25-21)24-20(26)15-5-9-18(10-6-15)27-19-11-7-16(23)8-12-19/h5-12,17,25H,13-14H2,1-4H3,(H,24,26). The van der Waals surface area contributed by atoms with Gasteiger partial charge in [-0.25, -0.2) is 4.39 Å². The predicted molar refractivity (Wildman–Crippen MR) is 105 cm³/mol. The number of carbonyl (C=O) groups excluding carboxylic acids is 1. The number of benzene rings is 2. The highest BCUT2D eigenvalue weighted by atomic mass is 19.1. The molecule has 0 saturated carbocycles. The smallest absolute Gasteiger partial charge is 0.251 e. The SMILES string of the molecule is CC1(C)CC(NC(=O)c2ccc(Oc3ccc(F)cc3)cc2)CC(C)(C)N1. The summed E-state index contributed by atoms with van der Waals surface area (Å²) in [5, 5.41) is 6.78. The molecule has 2 N–H and O–H groups in total. The van der Waals surface area contributed by atoms with Gasteiger partial charge in [-0.05, 0) is 89.1 Å². The van der Waals surface area contributed by atoms with Gasteiger partial charge < -0.3 is 15.4 Å². The Bertz CT molecular complexity index is 782. The third-order valence-corrected chi connectivity index (χ3v) is 4.69. The van der Waals surface area contributed by atoms with Crippen LogP contribution in [0.2, 0.25) is 0 Å². The van der Waals surface area contributed by atoms with Gasteiger partial charge >= 0.3 is 0 Å². The second-order valence-electron chi connectivity index (χ2n) is 8.55. The molecule has 0 aliphatic carbocycles. The predicted octanol–water partition coefficient (Wildman–Crippen LogP) is 4.66. The second-order valence-corrected chi connectivity index (χ2v) is 8.55. The number of hydrogen-bond donors (Lipinski definition) is 2. The van der Waals surface area contributed by atoms with E-state index in [1.807, 2.05) is 0 Å². The molecular weight excluding hydrogens is 343 g/mol. The van der Waals surface area contributed by atoms with Gasteiger partial charge in [0.15, 0.2) is 0 Å². The summed E-state index contributed by atoms with van der Waals surface area (Å²) in [6, 6.07) is 12.9. The van der Waals surface area contributed by atoms with Crippen LogP contribution in [0.1, 0.15) is 50.9 Å². The maximum atomic E-state index is 13.0. The Balaban J connectivity index is 1.63. The number of ether oxygens (including phenoxy) is 1. The average Bonchev–Trinajstić information content (AvgIpc) is 2.54. The van der Waals surface area contributed by atoms with Gasteiger partial charge in [0.2, 0.25) is 0 Å². The quantitative estimate of drug-likeness (QED) is 0.823. The maximum Gasteiger partial charge on any atom is 0.251 e. The third kappa shape index (κ3) is 5.30. The minimum Gasteiger partial charge on any atom is -0.457 e. The number of rotatable bonds is 4. The molecule has 144 valence electrons. The Morgan fingerprint density at radius 3 is 1.96 bits per heavy atom. The van der Waals surface area contributed by atoms with E-state index in [2.05, 4.69) is 38.3 Å². The number of halogens is 1. The van der Waals surface area contributed by atoms with Gasteiger partial charge in [-0.3, -0.25) is 4.79 Å². The van der Waals surface area contributed by atoms with Crippen molar-refractivity contribution in [3.8, 4) is 11.5 Å². The van der Waals surface area contributed by atoms with E-state index in [-0.39, 0.29) is 28.8 Å². The van der Waals surface area contributed by atoms with E-state index in [1.165, 1.54) is 12.1 Å². The molecule has 0 aromatic heterocycles. The molecule has 1 aliphatic rings. The zero-order valence-corrected chi connectivity index (χ0v) is 16.3. The van der Waals surface area contributed by atoms with Crippen molar-refractivity contribution in [1.29, 1.82) is 0 Å². The van der Waals surface area contributed by atoms with Crippen LogP contribution >= 0.6 is 0 Å².